The normalized spacial score (nSPS) is 19.0. The maximum Gasteiger partial charge on any atom is 0.227 e. The van der Waals surface area contributed by atoms with Gasteiger partial charge in [0.15, 0.2) is 0 Å². The Labute approximate surface area is 169 Å². The fourth-order valence-electron chi connectivity index (χ4n) is 3.78. The molecule has 0 unspecified atom stereocenters. The zero-order valence-electron chi connectivity index (χ0n) is 15.1. The fraction of sp³-hybridized carbons (Fsp3) is 0.333. The van der Waals surface area contributed by atoms with E-state index in [4.69, 9.17) is 5.73 Å². The van der Waals surface area contributed by atoms with Crippen molar-refractivity contribution < 1.29 is 4.79 Å². The van der Waals surface area contributed by atoms with Crippen molar-refractivity contribution >= 4 is 45.6 Å². The summed E-state index contributed by atoms with van der Waals surface area (Å²) in [6.45, 7) is 0.596. The van der Waals surface area contributed by atoms with Crippen LogP contribution in [0, 0.1) is 11.8 Å². The van der Waals surface area contributed by atoms with Gasteiger partial charge in [-0.3, -0.25) is 4.79 Å². The minimum Gasteiger partial charge on any atom is -0.330 e. The second-order valence-corrected chi connectivity index (χ2v) is 8.09. The number of amides is 1. The van der Waals surface area contributed by atoms with Crippen LogP contribution in [0.5, 0.6) is 0 Å². The molecule has 2 aromatic carbocycles. The van der Waals surface area contributed by atoms with Crippen molar-refractivity contribution in [3.05, 3.63) is 59.1 Å². The first-order valence-corrected chi connectivity index (χ1v) is 9.99. The average Bonchev–Trinajstić information content (AvgIpc) is 3.29. The van der Waals surface area contributed by atoms with Crippen LogP contribution >= 0.6 is 23.7 Å². The number of anilines is 1. The molecule has 0 bridgehead atoms. The second kappa shape index (κ2) is 8.83. The third-order valence-corrected chi connectivity index (χ3v) is 6.25. The van der Waals surface area contributed by atoms with Gasteiger partial charge in [0.2, 0.25) is 5.91 Å². The molecule has 1 aliphatic rings. The van der Waals surface area contributed by atoms with Crippen LogP contribution in [0.1, 0.15) is 29.8 Å². The summed E-state index contributed by atoms with van der Waals surface area (Å²) in [6.07, 6.45) is 3.92. The van der Waals surface area contributed by atoms with Crippen molar-refractivity contribution in [1.82, 2.24) is 4.98 Å². The monoisotopic (exact) mass is 401 g/mol. The van der Waals surface area contributed by atoms with Crippen molar-refractivity contribution in [2.45, 2.75) is 25.7 Å². The Balaban J connectivity index is 0.00000210. The highest BCUT2D eigenvalue weighted by Crippen LogP contribution is 2.32. The van der Waals surface area contributed by atoms with E-state index >= 15 is 0 Å². The number of carbonyl (C=O) groups is 1. The number of para-hydroxylation sites is 1. The van der Waals surface area contributed by atoms with E-state index in [0.29, 0.717) is 12.5 Å². The van der Waals surface area contributed by atoms with Crippen molar-refractivity contribution in [3.63, 3.8) is 0 Å². The summed E-state index contributed by atoms with van der Waals surface area (Å²) in [6, 6.07) is 16.3. The van der Waals surface area contributed by atoms with Gasteiger partial charge in [-0.05, 0) is 55.1 Å². The van der Waals surface area contributed by atoms with Crippen molar-refractivity contribution in [1.29, 1.82) is 0 Å². The predicted molar refractivity (Wildman–Crippen MR) is 115 cm³/mol. The summed E-state index contributed by atoms with van der Waals surface area (Å²) >= 11 is 1.73. The minimum absolute atomic E-state index is 0. The Bertz CT molecular complexity index is 876. The highest BCUT2D eigenvalue weighted by molar-refractivity contribution is 7.18. The van der Waals surface area contributed by atoms with Crippen LogP contribution in [0.3, 0.4) is 0 Å². The highest BCUT2D eigenvalue weighted by Gasteiger charge is 2.31. The molecule has 3 N–H and O–H groups in total. The number of hydrogen-bond acceptors (Lipinski definition) is 4. The predicted octanol–water partition coefficient (Wildman–Crippen LogP) is 4.62. The molecule has 3 aromatic rings. The third-order valence-electron chi connectivity index (χ3n) is 5.21. The molecule has 4 nitrogen and oxygen atoms in total. The molecule has 0 spiro atoms. The van der Waals surface area contributed by atoms with Crippen LogP contribution in [0.25, 0.3) is 10.2 Å². The van der Waals surface area contributed by atoms with Crippen LogP contribution in [-0.2, 0) is 11.2 Å². The number of thiazole rings is 1. The maximum absolute atomic E-state index is 12.5. The minimum atomic E-state index is 0. The summed E-state index contributed by atoms with van der Waals surface area (Å²) < 4.78 is 1.22. The molecule has 0 aliphatic heterocycles. The molecule has 6 heteroatoms. The molecule has 1 fully saturated rings. The van der Waals surface area contributed by atoms with Gasteiger partial charge in [0, 0.05) is 18.0 Å². The molecule has 0 radical (unpaired) electrons. The lowest BCUT2D eigenvalue weighted by Crippen LogP contribution is -2.29. The standard InChI is InChI=1S/C21H23N3OS.ClH/c22-13-15-4-3-5-17(15)21(25)23-16-10-8-14(9-11-16)12-20-24-18-6-1-2-7-19(18)26-20;/h1-2,6-11,15,17H,3-5,12-13,22H2,(H,23,25);1H/t15-,17-;/m1./s1. The molecule has 1 saturated carbocycles. The zero-order chi connectivity index (χ0) is 17.9. The number of nitrogens with two attached hydrogens (primary N) is 1. The Hall–Kier alpha value is -1.95. The third kappa shape index (κ3) is 4.49. The van der Waals surface area contributed by atoms with Crippen molar-refractivity contribution in [2.75, 3.05) is 11.9 Å². The smallest absolute Gasteiger partial charge is 0.227 e. The van der Waals surface area contributed by atoms with E-state index in [0.717, 1.165) is 41.9 Å². The molecule has 1 amide bonds. The summed E-state index contributed by atoms with van der Waals surface area (Å²) in [5, 5.41) is 4.16. The molecule has 1 aliphatic carbocycles. The number of carbonyl (C=O) groups excluding carboxylic acids is 1. The van der Waals surface area contributed by atoms with E-state index in [2.05, 4.69) is 28.5 Å². The number of fused-ring (bicyclic) bond motifs is 1. The van der Waals surface area contributed by atoms with Gasteiger partial charge in [-0.15, -0.1) is 23.7 Å². The number of hydrogen-bond donors (Lipinski definition) is 2. The molecule has 0 saturated heterocycles. The van der Waals surface area contributed by atoms with Gasteiger partial charge < -0.3 is 11.1 Å². The molecule has 142 valence electrons. The Morgan fingerprint density at radius 1 is 1.15 bits per heavy atom. The average molecular weight is 402 g/mol. The molecule has 4 rings (SSSR count). The molecular formula is C21H24ClN3OS. The number of benzene rings is 2. The molecule has 1 heterocycles. The molecule has 2 atom stereocenters. The Kier molecular flexibility index (Phi) is 6.47. The number of rotatable bonds is 5. The topological polar surface area (TPSA) is 68.0 Å². The fourth-order valence-corrected chi connectivity index (χ4v) is 4.78. The number of nitrogens with zero attached hydrogens (tertiary/aromatic N) is 1. The lowest BCUT2D eigenvalue weighted by atomic mass is 9.95. The van der Waals surface area contributed by atoms with Crippen LogP contribution in [0.4, 0.5) is 5.69 Å². The maximum atomic E-state index is 12.5. The molecular weight excluding hydrogens is 378 g/mol. The lowest BCUT2D eigenvalue weighted by molar-refractivity contribution is -0.120. The van der Waals surface area contributed by atoms with Crippen LogP contribution in [0.15, 0.2) is 48.5 Å². The Morgan fingerprint density at radius 2 is 1.93 bits per heavy atom. The van der Waals surface area contributed by atoms with Crippen molar-refractivity contribution in [3.8, 4) is 0 Å². The van der Waals surface area contributed by atoms with Gasteiger partial charge in [-0.25, -0.2) is 4.98 Å². The van der Waals surface area contributed by atoms with Crippen LogP contribution in [-0.4, -0.2) is 17.4 Å². The van der Waals surface area contributed by atoms with Crippen LogP contribution in [0.2, 0.25) is 0 Å². The number of halogens is 1. The Morgan fingerprint density at radius 3 is 2.67 bits per heavy atom. The van der Waals surface area contributed by atoms with E-state index in [9.17, 15) is 4.79 Å². The van der Waals surface area contributed by atoms with Crippen LogP contribution < -0.4 is 11.1 Å². The summed E-state index contributed by atoms with van der Waals surface area (Å²) in [5.74, 6) is 0.493. The van der Waals surface area contributed by atoms with Gasteiger partial charge in [0.25, 0.3) is 0 Å². The number of aromatic nitrogens is 1. The molecule has 1 aromatic heterocycles. The second-order valence-electron chi connectivity index (χ2n) is 6.97. The van der Waals surface area contributed by atoms with E-state index in [1.807, 2.05) is 30.3 Å². The highest BCUT2D eigenvalue weighted by atomic mass is 35.5. The van der Waals surface area contributed by atoms with Gasteiger partial charge in [0.1, 0.15) is 0 Å². The first-order valence-electron chi connectivity index (χ1n) is 9.17. The first kappa shape index (κ1) is 19.8. The lowest BCUT2D eigenvalue weighted by Gasteiger charge is -2.17. The van der Waals surface area contributed by atoms with E-state index < -0.39 is 0 Å². The largest absolute Gasteiger partial charge is 0.330 e. The zero-order valence-corrected chi connectivity index (χ0v) is 16.7. The van der Waals surface area contributed by atoms with Gasteiger partial charge >= 0.3 is 0 Å². The summed E-state index contributed by atoms with van der Waals surface area (Å²) in [7, 11) is 0. The summed E-state index contributed by atoms with van der Waals surface area (Å²) in [4.78, 5) is 17.2. The number of nitrogens with one attached hydrogen (secondary N) is 1. The SMILES string of the molecule is Cl.NC[C@H]1CCC[C@H]1C(=O)Nc1ccc(Cc2nc3ccccc3s2)cc1. The first-order chi connectivity index (χ1) is 12.7. The van der Waals surface area contributed by atoms with E-state index in [-0.39, 0.29) is 24.2 Å². The molecule has 27 heavy (non-hydrogen) atoms. The van der Waals surface area contributed by atoms with Gasteiger partial charge in [-0.2, -0.15) is 0 Å². The van der Waals surface area contributed by atoms with Gasteiger partial charge in [0.05, 0.1) is 15.2 Å². The quantitative estimate of drug-likeness (QED) is 0.655. The summed E-state index contributed by atoms with van der Waals surface area (Å²) in [5.41, 5.74) is 8.90. The van der Waals surface area contributed by atoms with E-state index in [1.165, 1.54) is 10.3 Å². The van der Waals surface area contributed by atoms with Gasteiger partial charge in [-0.1, -0.05) is 30.7 Å². The van der Waals surface area contributed by atoms with E-state index in [1.54, 1.807) is 11.3 Å². The van der Waals surface area contributed by atoms with Crippen molar-refractivity contribution in [2.24, 2.45) is 17.6 Å².